The largest absolute Gasteiger partial charge is 0.496 e. The Morgan fingerprint density at radius 1 is 0.354 bits per heavy atom. The molecule has 0 saturated heterocycles. The van der Waals surface area contributed by atoms with E-state index in [4.69, 9.17) is 49.5 Å². The Balaban J connectivity index is 0.000000319. The number of hydrogen-bond donors (Lipinski definition) is 2. The number of halogens is 17. The zero-order valence-electron chi connectivity index (χ0n) is 64.1. The number of benzene rings is 7. The minimum absolute atomic E-state index is 0.0944. The lowest BCUT2D eigenvalue weighted by Crippen LogP contribution is -2.57. The molecule has 4 unspecified atom stereocenters. The van der Waals surface area contributed by atoms with Crippen molar-refractivity contribution in [2.45, 2.75) is 184 Å². The molecule has 113 heavy (non-hydrogen) atoms. The summed E-state index contributed by atoms with van der Waals surface area (Å²) in [6.07, 6.45) is -24.4. The van der Waals surface area contributed by atoms with Crippen LogP contribution in [0.3, 0.4) is 0 Å². The van der Waals surface area contributed by atoms with Gasteiger partial charge in [0.15, 0.2) is 0 Å². The van der Waals surface area contributed by atoms with Crippen molar-refractivity contribution in [3.05, 3.63) is 226 Å². The molecule has 0 bridgehead atoms. The van der Waals surface area contributed by atoms with Gasteiger partial charge in [-0.1, -0.05) is 146 Å². The Kier molecular flexibility index (Phi) is 33.4. The second-order valence-corrected chi connectivity index (χ2v) is 28.6. The normalized spacial score (nSPS) is 14.4. The molecule has 15 nitrogen and oxygen atoms in total. The fraction of sp³-hybridized carbons (Fsp3) is 0.432. The van der Waals surface area contributed by atoms with Crippen molar-refractivity contribution < 1.29 is 142 Å². The van der Waals surface area contributed by atoms with Gasteiger partial charge < -0.3 is 52.8 Å². The molecule has 7 rings (SSSR count). The maximum absolute atomic E-state index is 14.4. The van der Waals surface area contributed by atoms with E-state index in [0.29, 0.717) is 16.7 Å². The van der Waals surface area contributed by atoms with Crippen LogP contribution >= 0.6 is 11.6 Å². The third-order valence-corrected chi connectivity index (χ3v) is 18.3. The molecule has 0 saturated carbocycles. The number of esters is 2. The second kappa shape index (κ2) is 39.2. The molecule has 0 spiro atoms. The second-order valence-electron chi connectivity index (χ2n) is 28.3. The van der Waals surface area contributed by atoms with Crippen molar-refractivity contribution in [3.63, 3.8) is 0 Å². The van der Waals surface area contributed by atoms with Crippen molar-refractivity contribution in [1.82, 2.24) is 0 Å². The highest BCUT2D eigenvalue weighted by molar-refractivity contribution is 6.65. The first kappa shape index (κ1) is 96.2. The molecule has 0 heterocycles. The smallest absolute Gasteiger partial charge is 0.428 e. The quantitative estimate of drug-likeness (QED) is 0.0237. The molecule has 0 fully saturated rings. The number of ether oxygens (including phenoxy) is 9. The van der Waals surface area contributed by atoms with E-state index in [1.165, 1.54) is 134 Å². The number of carboxylic acids is 1. The standard InChI is InChI=1S/C23H26F4O4.C21H21ClF4O3.C21H22F4O4.C16H20F4O4/c1-5-30-20(28)22(23(25,26)27,31-14-16-9-7-6-8-10-16)15-21(2,3)18-13-17(24)11-12-19(18)29-4;1-19(2,16-11-15(23)9-10-17(16)28-3)13-20(18(22)27,21(24,25)26)29-12-14-7-5-4-6-8-14;1-19(2,16-11-15(22)9-10-17(16)28-3)13-20(18(26)27,21(23,24)25)29-12-14-7-5-4-6-8-14;1-5-24-13(21)15(22,16(18,19)20)9-14(2,3)11-8-10(17)6-7-12(11)23-4/h6-13H,5,14-15H2,1-4H3;4-11H,12-13H2,1-3H3;4-11H,12-13H2,1-3H3,(H,26,27);6-8,22H,5,9H2,1-4H3. The van der Waals surface area contributed by atoms with E-state index < -0.39 is 161 Å². The van der Waals surface area contributed by atoms with Gasteiger partial charge >= 0.3 is 42.6 Å². The molecule has 0 aliphatic carbocycles. The summed E-state index contributed by atoms with van der Waals surface area (Å²) in [5.74, 6) is -7.43. The molecular weight excluding hydrogens is 1550 g/mol. The third kappa shape index (κ3) is 24.4. The van der Waals surface area contributed by atoms with Crippen molar-refractivity contribution in [3.8, 4) is 23.0 Å². The van der Waals surface area contributed by atoms with Gasteiger partial charge in [0.05, 0.1) is 61.5 Å². The zero-order chi connectivity index (χ0) is 85.8. The van der Waals surface area contributed by atoms with Crippen LogP contribution < -0.4 is 18.9 Å². The number of methoxy groups -OCH3 is 4. The molecule has 2 N–H and O–H groups in total. The summed E-state index contributed by atoms with van der Waals surface area (Å²) in [6, 6.07) is 38.2. The van der Waals surface area contributed by atoms with Crippen LogP contribution in [0.15, 0.2) is 164 Å². The van der Waals surface area contributed by atoms with E-state index in [0.717, 1.165) is 48.5 Å². The predicted octanol–water partition coefficient (Wildman–Crippen LogP) is 19.8. The molecule has 622 valence electrons. The summed E-state index contributed by atoms with van der Waals surface area (Å²) in [6.45, 7) is 12.0. The van der Waals surface area contributed by atoms with Crippen LogP contribution in [-0.4, -0.2) is 122 Å². The molecular formula is C81H89ClF16O15. The highest BCUT2D eigenvalue weighted by Crippen LogP contribution is 2.51. The highest BCUT2D eigenvalue weighted by Gasteiger charge is 2.68. The number of carbonyl (C=O) groups excluding carboxylic acids is 3. The summed E-state index contributed by atoms with van der Waals surface area (Å²) in [4.78, 5) is 48.4. The predicted molar refractivity (Wildman–Crippen MR) is 385 cm³/mol. The minimum atomic E-state index is -5.25. The van der Waals surface area contributed by atoms with E-state index in [9.17, 15) is 99.6 Å². The van der Waals surface area contributed by atoms with Crippen LogP contribution in [-0.2, 0) is 84.3 Å². The Bertz CT molecular complexity index is 4110. The number of hydrogen-bond acceptors (Lipinski definition) is 14. The Morgan fingerprint density at radius 2 is 0.602 bits per heavy atom. The van der Waals surface area contributed by atoms with Crippen LogP contribution in [0.4, 0.5) is 70.2 Å². The van der Waals surface area contributed by atoms with E-state index in [-0.39, 0.29) is 58.5 Å². The van der Waals surface area contributed by atoms with Crippen LogP contribution in [0.2, 0.25) is 0 Å². The molecule has 7 aromatic rings. The molecule has 0 aliphatic heterocycles. The van der Waals surface area contributed by atoms with Crippen molar-refractivity contribution in [2.75, 3.05) is 41.7 Å². The molecule has 0 amide bonds. The van der Waals surface area contributed by atoms with E-state index >= 15 is 0 Å². The summed E-state index contributed by atoms with van der Waals surface area (Å²) in [5, 5.41) is 17.9. The fourth-order valence-corrected chi connectivity index (χ4v) is 12.5. The molecule has 0 radical (unpaired) electrons. The zero-order valence-corrected chi connectivity index (χ0v) is 64.8. The Hall–Kier alpha value is -9.17. The van der Waals surface area contributed by atoms with Crippen LogP contribution in [0.25, 0.3) is 0 Å². The van der Waals surface area contributed by atoms with Gasteiger partial charge in [-0.15, -0.1) is 0 Å². The number of aliphatic hydroxyl groups is 1. The number of alkyl halides is 12. The van der Waals surface area contributed by atoms with E-state index in [1.807, 2.05) is 0 Å². The Labute approximate surface area is 648 Å². The number of rotatable bonds is 31. The van der Waals surface area contributed by atoms with Crippen LogP contribution in [0.5, 0.6) is 23.0 Å². The first-order valence-electron chi connectivity index (χ1n) is 34.4. The lowest BCUT2D eigenvalue weighted by atomic mass is 9.74. The van der Waals surface area contributed by atoms with E-state index in [1.54, 1.807) is 78.9 Å². The van der Waals surface area contributed by atoms with Crippen molar-refractivity contribution in [1.29, 1.82) is 0 Å². The van der Waals surface area contributed by atoms with Gasteiger partial charge in [-0.3, -0.25) is 4.79 Å². The van der Waals surface area contributed by atoms with Gasteiger partial charge in [0.1, 0.15) is 46.3 Å². The van der Waals surface area contributed by atoms with Crippen LogP contribution in [0, 0.1) is 23.3 Å². The van der Waals surface area contributed by atoms with Crippen molar-refractivity contribution >= 4 is 34.8 Å². The first-order chi connectivity index (χ1) is 52.2. The van der Waals surface area contributed by atoms with Gasteiger partial charge in [-0.25, -0.2) is 31.9 Å². The maximum atomic E-state index is 14.4. The van der Waals surface area contributed by atoms with Gasteiger partial charge in [-0.05, 0) is 137 Å². The third-order valence-electron chi connectivity index (χ3n) is 18.0. The van der Waals surface area contributed by atoms with Crippen LogP contribution in [0.1, 0.15) is 134 Å². The summed E-state index contributed by atoms with van der Waals surface area (Å²) in [7, 11) is 5.24. The fourth-order valence-electron chi connectivity index (χ4n) is 12.3. The van der Waals surface area contributed by atoms with Gasteiger partial charge in [0.25, 0.3) is 22.0 Å². The topological polar surface area (TPSA) is 192 Å². The first-order valence-corrected chi connectivity index (χ1v) is 34.8. The van der Waals surface area contributed by atoms with Crippen molar-refractivity contribution in [2.24, 2.45) is 0 Å². The van der Waals surface area contributed by atoms with Gasteiger partial charge in [0, 0.05) is 47.9 Å². The monoisotopic (exact) mass is 1640 g/mol. The SMILES string of the molecule is CCOC(=O)C(CC(C)(C)c1cc(F)ccc1OC)(OCc1ccccc1)C(F)(F)F.CCOC(=O)C(O)(CC(C)(C)c1cc(F)ccc1OC)C(F)(F)F.COc1ccc(F)cc1C(C)(C)CC(OCc1ccccc1)(C(=O)Cl)C(F)(F)F.COc1ccc(F)cc1C(C)(C)CC(OCc1ccccc1)(C(=O)O)C(F)(F)F. The maximum Gasteiger partial charge on any atom is 0.428 e. The summed E-state index contributed by atoms with van der Waals surface area (Å²) in [5.41, 5.74) is -17.6. The molecule has 4 atom stereocenters. The number of carboxylic acid groups (broad SMARTS) is 1. The van der Waals surface area contributed by atoms with Gasteiger partial charge in [-0.2, -0.15) is 52.7 Å². The summed E-state index contributed by atoms with van der Waals surface area (Å²) < 4.78 is 268. The lowest BCUT2D eigenvalue weighted by Gasteiger charge is -2.39. The number of carbonyl (C=O) groups is 4. The van der Waals surface area contributed by atoms with E-state index in [2.05, 4.69) is 4.74 Å². The molecule has 7 aromatic carbocycles. The number of aliphatic carboxylic acids is 1. The van der Waals surface area contributed by atoms with Gasteiger partial charge in [0.2, 0.25) is 5.60 Å². The molecule has 32 heteroatoms. The highest BCUT2D eigenvalue weighted by atomic mass is 35.5. The molecule has 0 aliphatic rings. The summed E-state index contributed by atoms with van der Waals surface area (Å²) >= 11 is 5.46. The molecule has 0 aromatic heterocycles. The minimum Gasteiger partial charge on any atom is -0.496 e. The lowest BCUT2D eigenvalue weighted by molar-refractivity contribution is -0.286. The average molecular weight is 1640 g/mol. The Morgan fingerprint density at radius 3 is 0.850 bits per heavy atom. The average Bonchev–Trinajstić information content (AvgIpc) is 0.768.